The lowest BCUT2D eigenvalue weighted by Crippen LogP contribution is -2.37. The van der Waals surface area contributed by atoms with E-state index in [4.69, 9.17) is 0 Å². The number of amides is 1. The highest BCUT2D eigenvalue weighted by Crippen LogP contribution is 2.18. The van der Waals surface area contributed by atoms with Gasteiger partial charge in [0.05, 0.1) is 11.5 Å². The van der Waals surface area contributed by atoms with Crippen molar-refractivity contribution in [3.05, 3.63) is 0 Å². The Morgan fingerprint density at radius 3 is 2.44 bits per heavy atom. The number of hydrogen-bond donors (Lipinski definition) is 0. The predicted octanol–water partition coefficient (Wildman–Crippen LogP) is 1.99. The van der Waals surface area contributed by atoms with Crippen molar-refractivity contribution < 1.29 is 13.2 Å². The van der Waals surface area contributed by atoms with Gasteiger partial charge in [-0.3, -0.25) is 4.79 Å². The molecule has 0 spiro atoms. The third kappa shape index (κ3) is 4.96. The summed E-state index contributed by atoms with van der Waals surface area (Å²) < 4.78 is 22.7. The van der Waals surface area contributed by atoms with Crippen molar-refractivity contribution in [1.82, 2.24) is 4.90 Å². The van der Waals surface area contributed by atoms with Crippen molar-refractivity contribution in [2.45, 2.75) is 57.9 Å². The zero-order valence-corrected chi connectivity index (χ0v) is 12.3. The molecule has 0 saturated carbocycles. The van der Waals surface area contributed by atoms with Crippen LogP contribution in [0.2, 0.25) is 0 Å². The molecule has 0 aromatic heterocycles. The molecule has 0 aromatic rings. The summed E-state index contributed by atoms with van der Waals surface area (Å²) >= 11 is 0. The van der Waals surface area contributed by atoms with Crippen LogP contribution in [0, 0.1) is 0 Å². The molecule has 1 amide bonds. The van der Waals surface area contributed by atoms with Crippen LogP contribution in [0.1, 0.15) is 51.9 Å². The number of hydrogen-bond acceptors (Lipinski definition) is 3. The van der Waals surface area contributed by atoms with Crippen LogP contribution < -0.4 is 0 Å². The number of unbranched alkanes of at least 4 members (excludes halogenated alkanes) is 4. The molecule has 1 saturated heterocycles. The first-order valence-electron chi connectivity index (χ1n) is 6.92. The molecule has 106 valence electrons. The van der Waals surface area contributed by atoms with Crippen LogP contribution >= 0.6 is 0 Å². The smallest absolute Gasteiger partial charge is 0.222 e. The van der Waals surface area contributed by atoms with Gasteiger partial charge in [-0.2, -0.15) is 0 Å². The molecular formula is C13H25NO3S. The minimum Gasteiger partial charge on any atom is -0.342 e. The van der Waals surface area contributed by atoms with Crippen LogP contribution in [-0.2, 0) is 14.6 Å². The lowest BCUT2D eigenvalue weighted by molar-refractivity contribution is -0.131. The van der Waals surface area contributed by atoms with E-state index in [-0.39, 0.29) is 23.5 Å². The lowest BCUT2D eigenvalue weighted by atomic mass is 10.1. The van der Waals surface area contributed by atoms with Gasteiger partial charge in [0.1, 0.15) is 0 Å². The van der Waals surface area contributed by atoms with Crippen molar-refractivity contribution in [3.8, 4) is 0 Å². The third-order valence-electron chi connectivity index (χ3n) is 3.64. The van der Waals surface area contributed by atoms with E-state index in [9.17, 15) is 13.2 Å². The molecule has 4 nitrogen and oxygen atoms in total. The summed E-state index contributed by atoms with van der Waals surface area (Å²) in [4.78, 5) is 13.5. The van der Waals surface area contributed by atoms with Gasteiger partial charge in [-0.05, 0) is 12.8 Å². The van der Waals surface area contributed by atoms with E-state index in [1.54, 1.807) is 11.9 Å². The summed E-state index contributed by atoms with van der Waals surface area (Å²) in [7, 11) is -1.16. The van der Waals surface area contributed by atoms with Gasteiger partial charge in [0.2, 0.25) is 5.91 Å². The molecule has 1 fully saturated rings. The second-order valence-corrected chi connectivity index (χ2v) is 7.45. The zero-order chi connectivity index (χ0) is 13.6. The van der Waals surface area contributed by atoms with E-state index in [0.717, 1.165) is 12.8 Å². The molecule has 1 unspecified atom stereocenters. The number of carbonyl (C=O) groups excluding carboxylic acids is 1. The number of sulfone groups is 1. The maximum absolute atomic E-state index is 11.9. The fourth-order valence-electron chi connectivity index (χ4n) is 2.34. The molecule has 5 heteroatoms. The van der Waals surface area contributed by atoms with E-state index < -0.39 is 9.84 Å². The summed E-state index contributed by atoms with van der Waals surface area (Å²) in [6.45, 7) is 2.17. The maximum Gasteiger partial charge on any atom is 0.222 e. The summed E-state index contributed by atoms with van der Waals surface area (Å²) in [6.07, 6.45) is 6.78. The highest BCUT2D eigenvalue weighted by Gasteiger charge is 2.32. The minimum atomic E-state index is -2.90. The molecule has 18 heavy (non-hydrogen) atoms. The highest BCUT2D eigenvalue weighted by atomic mass is 32.2. The normalized spacial score (nSPS) is 22.0. The standard InChI is InChI=1S/C13H25NO3S/c1-3-4-5-6-7-8-13(15)14(2)12-9-10-18(16,17)11-12/h12H,3-11H2,1-2H3. The molecule has 1 heterocycles. The van der Waals surface area contributed by atoms with E-state index >= 15 is 0 Å². The number of nitrogens with zero attached hydrogens (tertiary/aromatic N) is 1. The van der Waals surface area contributed by atoms with Gasteiger partial charge in [-0.15, -0.1) is 0 Å². The molecule has 1 atom stereocenters. The lowest BCUT2D eigenvalue weighted by Gasteiger charge is -2.23. The van der Waals surface area contributed by atoms with Crippen molar-refractivity contribution >= 4 is 15.7 Å². The Bertz CT molecular complexity index is 364. The van der Waals surface area contributed by atoms with Crippen molar-refractivity contribution in [3.63, 3.8) is 0 Å². The molecule has 1 aliphatic heterocycles. The summed E-state index contributed by atoms with van der Waals surface area (Å²) in [5.74, 6) is 0.463. The maximum atomic E-state index is 11.9. The van der Waals surface area contributed by atoms with Crippen molar-refractivity contribution in [2.24, 2.45) is 0 Å². The minimum absolute atomic E-state index is 0.0913. The second-order valence-electron chi connectivity index (χ2n) is 5.23. The molecule has 0 radical (unpaired) electrons. The van der Waals surface area contributed by atoms with Crippen LogP contribution in [0.5, 0.6) is 0 Å². The largest absolute Gasteiger partial charge is 0.342 e. The van der Waals surface area contributed by atoms with Crippen molar-refractivity contribution in [2.75, 3.05) is 18.6 Å². The Morgan fingerprint density at radius 1 is 1.22 bits per heavy atom. The highest BCUT2D eigenvalue weighted by molar-refractivity contribution is 7.91. The Hall–Kier alpha value is -0.580. The molecular weight excluding hydrogens is 250 g/mol. The van der Waals surface area contributed by atoms with Gasteiger partial charge in [0, 0.05) is 19.5 Å². The molecule has 1 aliphatic rings. The summed E-state index contributed by atoms with van der Waals surface area (Å²) in [5, 5.41) is 0. The van der Waals surface area contributed by atoms with E-state index in [2.05, 4.69) is 6.92 Å². The number of rotatable bonds is 7. The third-order valence-corrected chi connectivity index (χ3v) is 5.39. The van der Waals surface area contributed by atoms with E-state index in [1.807, 2.05) is 0 Å². The topological polar surface area (TPSA) is 54.5 Å². The predicted molar refractivity (Wildman–Crippen MR) is 73.2 cm³/mol. The van der Waals surface area contributed by atoms with Gasteiger partial charge >= 0.3 is 0 Å². The Morgan fingerprint density at radius 2 is 1.89 bits per heavy atom. The molecule has 0 bridgehead atoms. The van der Waals surface area contributed by atoms with Gasteiger partial charge in [0.25, 0.3) is 0 Å². The summed E-state index contributed by atoms with van der Waals surface area (Å²) in [6, 6.07) is -0.0989. The molecule has 0 aromatic carbocycles. The average Bonchev–Trinajstić information content (AvgIpc) is 2.68. The number of carbonyl (C=O) groups is 1. The second kappa shape index (κ2) is 7.12. The van der Waals surface area contributed by atoms with Crippen LogP contribution in [-0.4, -0.2) is 43.8 Å². The molecule has 0 N–H and O–H groups in total. The van der Waals surface area contributed by atoms with Gasteiger partial charge in [-0.1, -0.05) is 32.6 Å². The molecule has 0 aliphatic carbocycles. The Balaban J connectivity index is 2.25. The van der Waals surface area contributed by atoms with E-state index in [0.29, 0.717) is 12.8 Å². The van der Waals surface area contributed by atoms with Gasteiger partial charge < -0.3 is 4.90 Å². The monoisotopic (exact) mass is 275 g/mol. The van der Waals surface area contributed by atoms with Gasteiger partial charge in [-0.25, -0.2) is 8.42 Å². The van der Waals surface area contributed by atoms with Crippen LogP contribution in [0.4, 0.5) is 0 Å². The Labute approximate surface area is 111 Å². The zero-order valence-electron chi connectivity index (χ0n) is 11.5. The average molecular weight is 275 g/mol. The van der Waals surface area contributed by atoms with Crippen LogP contribution in [0.15, 0.2) is 0 Å². The quantitative estimate of drug-likeness (QED) is 0.668. The Kier molecular flexibility index (Phi) is 6.12. The fraction of sp³-hybridized carbons (Fsp3) is 0.923. The molecule has 1 rings (SSSR count). The van der Waals surface area contributed by atoms with E-state index in [1.165, 1.54) is 19.3 Å². The van der Waals surface area contributed by atoms with Crippen LogP contribution in [0.3, 0.4) is 0 Å². The van der Waals surface area contributed by atoms with Crippen LogP contribution in [0.25, 0.3) is 0 Å². The first-order chi connectivity index (χ1) is 8.46. The SMILES string of the molecule is CCCCCCCC(=O)N(C)C1CCS(=O)(=O)C1. The first kappa shape index (κ1) is 15.5. The van der Waals surface area contributed by atoms with Gasteiger partial charge in [0.15, 0.2) is 9.84 Å². The fourth-order valence-corrected chi connectivity index (χ4v) is 4.11. The first-order valence-corrected chi connectivity index (χ1v) is 8.74. The van der Waals surface area contributed by atoms with Crippen molar-refractivity contribution in [1.29, 1.82) is 0 Å². The summed E-state index contributed by atoms with van der Waals surface area (Å²) in [5.41, 5.74) is 0.